The Hall–Kier alpha value is -0.890. The van der Waals surface area contributed by atoms with Gasteiger partial charge in [0, 0.05) is 0 Å². The van der Waals surface area contributed by atoms with E-state index in [1.54, 1.807) is 7.11 Å². The molecular weight excluding hydrogens is 186 g/mol. The fourth-order valence-corrected chi connectivity index (χ4v) is 1.65. The molecule has 1 fully saturated rings. The Kier molecular flexibility index (Phi) is 2.08. The smallest absolute Gasteiger partial charge is 0.143 e. The summed E-state index contributed by atoms with van der Waals surface area (Å²) in [5.74, 6) is 1.36. The van der Waals surface area contributed by atoms with Gasteiger partial charge in [0.15, 0.2) is 0 Å². The molecule has 1 aromatic carbocycles. The van der Waals surface area contributed by atoms with Gasteiger partial charge >= 0.3 is 0 Å². The van der Waals surface area contributed by atoms with Crippen LogP contribution in [-0.4, -0.2) is 7.11 Å². The summed E-state index contributed by atoms with van der Waals surface area (Å²) in [7, 11) is 1.61. The van der Waals surface area contributed by atoms with E-state index >= 15 is 0 Å². The van der Waals surface area contributed by atoms with Crippen molar-refractivity contribution in [2.75, 3.05) is 12.8 Å². The Labute approximate surface area is 82.6 Å². The van der Waals surface area contributed by atoms with Gasteiger partial charge < -0.3 is 10.5 Å². The zero-order valence-corrected chi connectivity index (χ0v) is 8.27. The van der Waals surface area contributed by atoms with E-state index in [2.05, 4.69) is 0 Å². The third-order valence-corrected chi connectivity index (χ3v) is 2.70. The van der Waals surface area contributed by atoms with Gasteiger partial charge in [0.2, 0.25) is 0 Å². The minimum atomic E-state index is 0.536. The summed E-state index contributed by atoms with van der Waals surface area (Å²) in [5, 5.41) is 0.598. The highest BCUT2D eigenvalue weighted by Gasteiger charge is 2.25. The second kappa shape index (κ2) is 3.11. The van der Waals surface area contributed by atoms with E-state index in [4.69, 9.17) is 22.1 Å². The van der Waals surface area contributed by atoms with E-state index in [0.717, 1.165) is 0 Å². The topological polar surface area (TPSA) is 35.2 Å². The number of halogens is 1. The lowest BCUT2D eigenvalue weighted by Crippen LogP contribution is -1.94. The molecule has 0 aromatic heterocycles. The molecule has 0 unspecified atom stereocenters. The third kappa shape index (κ3) is 1.59. The van der Waals surface area contributed by atoms with Gasteiger partial charge in [0.1, 0.15) is 5.75 Å². The molecule has 70 valence electrons. The van der Waals surface area contributed by atoms with Gasteiger partial charge in [0.25, 0.3) is 0 Å². The lowest BCUT2D eigenvalue weighted by molar-refractivity contribution is 0.416. The Morgan fingerprint density at radius 3 is 2.69 bits per heavy atom. The number of hydrogen-bond acceptors (Lipinski definition) is 2. The zero-order valence-electron chi connectivity index (χ0n) is 7.51. The molecule has 0 radical (unpaired) electrons. The average Bonchev–Trinajstić information content (AvgIpc) is 2.92. The van der Waals surface area contributed by atoms with Crippen LogP contribution in [0.15, 0.2) is 12.1 Å². The summed E-state index contributed by atoms with van der Waals surface area (Å²) < 4.78 is 5.13. The summed E-state index contributed by atoms with van der Waals surface area (Å²) in [4.78, 5) is 0. The quantitative estimate of drug-likeness (QED) is 0.740. The van der Waals surface area contributed by atoms with Crippen molar-refractivity contribution in [1.82, 2.24) is 0 Å². The molecule has 13 heavy (non-hydrogen) atoms. The monoisotopic (exact) mass is 197 g/mol. The van der Waals surface area contributed by atoms with Crippen LogP contribution in [0.3, 0.4) is 0 Å². The first kappa shape index (κ1) is 8.70. The SMILES string of the molecule is COc1cc(C2CC2)cc(Cl)c1N. The van der Waals surface area contributed by atoms with Gasteiger partial charge in [-0.25, -0.2) is 0 Å². The second-order valence-corrected chi connectivity index (χ2v) is 3.80. The summed E-state index contributed by atoms with van der Waals surface area (Å²) in [6.45, 7) is 0. The lowest BCUT2D eigenvalue weighted by atomic mass is 10.1. The van der Waals surface area contributed by atoms with Crippen molar-refractivity contribution >= 4 is 17.3 Å². The Morgan fingerprint density at radius 2 is 2.15 bits per heavy atom. The molecule has 0 saturated heterocycles. The molecular formula is C10H12ClNO. The highest BCUT2D eigenvalue weighted by atomic mass is 35.5. The number of rotatable bonds is 2. The molecule has 0 heterocycles. The van der Waals surface area contributed by atoms with Crippen molar-refractivity contribution in [2.24, 2.45) is 0 Å². The van der Waals surface area contributed by atoms with Crippen LogP contribution in [0, 0.1) is 0 Å². The number of nitrogens with two attached hydrogens (primary N) is 1. The molecule has 1 saturated carbocycles. The van der Waals surface area contributed by atoms with E-state index < -0.39 is 0 Å². The van der Waals surface area contributed by atoms with Crippen molar-refractivity contribution in [1.29, 1.82) is 0 Å². The van der Waals surface area contributed by atoms with Gasteiger partial charge in [-0.2, -0.15) is 0 Å². The molecule has 2 rings (SSSR count). The van der Waals surface area contributed by atoms with E-state index in [1.807, 2.05) is 12.1 Å². The molecule has 1 aromatic rings. The minimum Gasteiger partial charge on any atom is -0.495 e. The predicted octanol–water partition coefficient (Wildman–Crippen LogP) is 2.81. The Morgan fingerprint density at radius 1 is 1.46 bits per heavy atom. The maximum Gasteiger partial charge on any atom is 0.143 e. The maximum atomic E-state index is 5.96. The summed E-state index contributed by atoms with van der Waals surface area (Å²) in [5.41, 5.74) is 7.51. The standard InChI is InChI=1S/C10H12ClNO/c1-13-9-5-7(6-2-3-6)4-8(11)10(9)12/h4-6H,2-3,12H2,1H3. The minimum absolute atomic E-state index is 0.536. The van der Waals surface area contributed by atoms with Gasteiger partial charge in [0.05, 0.1) is 17.8 Å². The molecule has 0 spiro atoms. The first-order valence-electron chi connectivity index (χ1n) is 4.35. The number of anilines is 1. The molecule has 1 aliphatic rings. The highest BCUT2D eigenvalue weighted by Crippen LogP contribution is 2.44. The fraction of sp³-hybridized carbons (Fsp3) is 0.400. The van der Waals surface area contributed by atoms with Gasteiger partial charge in [-0.1, -0.05) is 11.6 Å². The van der Waals surface area contributed by atoms with Crippen LogP contribution in [0.5, 0.6) is 5.75 Å². The number of nitrogen functional groups attached to an aromatic ring is 1. The zero-order chi connectivity index (χ0) is 9.42. The average molecular weight is 198 g/mol. The molecule has 1 aliphatic carbocycles. The predicted molar refractivity (Wildman–Crippen MR) is 54.4 cm³/mol. The molecule has 2 N–H and O–H groups in total. The summed E-state index contributed by atoms with van der Waals surface area (Å²) >= 11 is 5.96. The second-order valence-electron chi connectivity index (χ2n) is 3.39. The molecule has 0 amide bonds. The van der Waals surface area contributed by atoms with E-state index in [1.165, 1.54) is 18.4 Å². The van der Waals surface area contributed by atoms with Crippen LogP contribution in [0.25, 0.3) is 0 Å². The van der Waals surface area contributed by atoms with E-state index in [-0.39, 0.29) is 0 Å². The first-order chi connectivity index (χ1) is 6.22. The van der Waals surface area contributed by atoms with Crippen LogP contribution in [0.1, 0.15) is 24.3 Å². The van der Waals surface area contributed by atoms with E-state index in [9.17, 15) is 0 Å². The van der Waals surface area contributed by atoms with Crippen LogP contribution >= 0.6 is 11.6 Å². The van der Waals surface area contributed by atoms with Gasteiger partial charge in [-0.3, -0.25) is 0 Å². The number of benzene rings is 1. The molecule has 0 bridgehead atoms. The van der Waals surface area contributed by atoms with Crippen molar-refractivity contribution < 1.29 is 4.74 Å². The normalized spacial score (nSPS) is 15.8. The highest BCUT2D eigenvalue weighted by molar-refractivity contribution is 6.33. The fourth-order valence-electron chi connectivity index (χ4n) is 1.43. The molecule has 0 atom stereocenters. The lowest BCUT2D eigenvalue weighted by Gasteiger charge is -2.08. The van der Waals surface area contributed by atoms with Crippen LogP contribution < -0.4 is 10.5 Å². The van der Waals surface area contributed by atoms with Crippen molar-refractivity contribution in [2.45, 2.75) is 18.8 Å². The maximum absolute atomic E-state index is 5.96. The Bertz CT molecular complexity index is 334. The number of methoxy groups -OCH3 is 1. The van der Waals surface area contributed by atoms with Crippen LogP contribution in [0.2, 0.25) is 5.02 Å². The van der Waals surface area contributed by atoms with Gasteiger partial charge in [-0.15, -0.1) is 0 Å². The summed E-state index contributed by atoms with van der Waals surface area (Å²) in [6.07, 6.45) is 2.51. The van der Waals surface area contributed by atoms with Crippen molar-refractivity contribution in [3.63, 3.8) is 0 Å². The first-order valence-corrected chi connectivity index (χ1v) is 4.73. The van der Waals surface area contributed by atoms with Crippen LogP contribution in [0.4, 0.5) is 5.69 Å². The number of hydrogen-bond donors (Lipinski definition) is 1. The van der Waals surface area contributed by atoms with Crippen molar-refractivity contribution in [3.05, 3.63) is 22.7 Å². The largest absolute Gasteiger partial charge is 0.495 e. The molecule has 2 nitrogen and oxygen atoms in total. The van der Waals surface area contributed by atoms with E-state index in [0.29, 0.717) is 22.4 Å². The Balaban J connectivity index is 2.43. The number of ether oxygens (including phenoxy) is 1. The van der Waals surface area contributed by atoms with Gasteiger partial charge in [-0.05, 0) is 36.5 Å². The molecule has 0 aliphatic heterocycles. The van der Waals surface area contributed by atoms with Crippen molar-refractivity contribution in [3.8, 4) is 5.75 Å². The van der Waals surface area contributed by atoms with Crippen LogP contribution in [-0.2, 0) is 0 Å². The third-order valence-electron chi connectivity index (χ3n) is 2.38. The summed E-state index contributed by atoms with van der Waals surface area (Å²) in [6, 6.07) is 3.93. The molecule has 3 heteroatoms.